The summed E-state index contributed by atoms with van der Waals surface area (Å²) in [5, 5.41) is 10.0. The summed E-state index contributed by atoms with van der Waals surface area (Å²) in [5.74, 6) is 1.60. The molecule has 4 aromatic rings. The van der Waals surface area contributed by atoms with E-state index in [1.807, 2.05) is 72.8 Å². The number of carbonyl (C=O) groups is 1. The van der Waals surface area contributed by atoms with Crippen LogP contribution in [0, 0.1) is 0 Å². The second-order valence-electron chi connectivity index (χ2n) is 8.73. The molecular weight excluding hydrogens is 452 g/mol. The van der Waals surface area contributed by atoms with Crippen LogP contribution >= 0.6 is 0 Å². The highest BCUT2D eigenvalue weighted by Crippen LogP contribution is 2.24. The second-order valence-corrected chi connectivity index (χ2v) is 8.73. The number of hydrogen-bond acceptors (Lipinski definition) is 6. The summed E-state index contributed by atoms with van der Waals surface area (Å²) in [5.41, 5.74) is 3.51. The van der Waals surface area contributed by atoms with Gasteiger partial charge in [0.25, 0.3) is 0 Å². The Kier molecular flexibility index (Phi) is 8.67. The second kappa shape index (κ2) is 12.5. The van der Waals surface area contributed by atoms with Gasteiger partial charge >= 0.3 is 6.03 Å². The minimum atomic E-state index is -0.271. The van der Waals surface area contributed by atoms with E-state index in [1.165, 1.54) is 0 Å². The number of ether oxygens (including phenoxy) is 1. The SMILES string of the molecule is CN(C)CCCOc1ccc2ncnc(NCCc3ccc(NC(=O)Nc4ccccc4)cc3)c2c1. The van der Waals surface area contributed by atoms with E-state index >= 15 is 0 Å². The largest absolute Gasteiger partial charge is 0.494 e. The monoisotopic (exact) mass is 484 g/mol. The van der Waals surface area contributed by atoms with Gasteiger partial charge in [-0.05, 0) is 75.0 Å². The van der Waals surface area contributed by atoms with E-state index in [0.29, 0.717) is 13.2 Å². The Bertz CT molecular complexity index is 1260. The lowest BCUT2D eigenvalue weighted by molar-refractivity contribution is 0.262. The van der Waals surface area contributed by atoms with Crippen molar-refractivity contribution >= 4 is 34.1 Å². The van der Waals surface area contributed by atoms with Crippen LogP contribution in [-0.4, -0.2) is 54.7 Å². The third-order valence-corrected chi connectivity index (χ3v) is 5.57. The van der Waals surface area contributed by atoms with Crippen LogP contribution in [0.15, 0.2) is 79.1 Å². The molecule has 0 spiro atoms. The Labute approximate surface area is 211 Å². The summed E-state index contributed by atoms with van der Waals surface area (Å²) < 4.78 is 5.92. The highest BCUT2D eigenvalue weighted by molar-refractivity contribution is 5.99. The standard InChI is InChI=1S/C28H32N6O2/c1-34(2)17-6-18-36-24-13-14-26-25(19-24)27(31-20-30-26)29-16-15-21-9-11-23(12-10-21)33-28(35)32-22-7-4-3-5-8-22/h3-5,7-14,19-20H,6,15-18H2,1-2H3,(H,29,30,31)(H2,32,33,35). The van der Waals surface area contributed by atoms with Gasteiger partial charge in [-0.1, -0.05) is 30.3 Å². The number of urea groups is 1. The van der Waals surface area contributed by atoms with Gasteiger partial charge < -0.3 is 25.6 Å². The number of nitrogens with zero attached hydrogens (tertiary/aromatic N) is 3. The van der Waals surface area contributed by atoms with Crippen LogP contribution in [0.4, 0.5) is 22.0 Å². The van der Waals surface area contributed by atoms with Crippen molar-refractivity contribution in [3.8, 4) is 5.75 Å². The van der Waals surface area contributed by atoms with Crippen molar-refractivity contribution in [2.24, 2.45) is 0 Å². The van der Waals surface area contributed by atoms with Crippen molar-refractivity contribution < 1.29 is 9.53 Å². The van der Waals surface area contributed by atoms with Crippen LogP contribution in [-0.2, 0) is 6.42 Å². The van der Waals surface area contributed by atoms with Crippen molar-refractivity contribution in [2.75, 3.05) is 49.7 Å². The topological polar surface area (TPSA) is 91.4 Å². The summed E-state index contributed by atoms with van der Waals surface area (Å²) >= 11 is 0. The number of rotatable bonds is 11. The summed E-state index contributed by atoms with van der Waals surface area (Å²) in [4.78, 5) is 23.1. The fraction of sp³-hybridized carbons (Fsp3) is 0.250. The lowest BCUT2D eigenvalue weighted by Crippen LogP contribution is -2.19. The molecule has 8 nitrogen and oxygen atoms in total. The molecule has 0 atom stereocenters. The van der Waals surface area contributed by atoms with Gasteiger partial charge in [0, 0.05) is 29.9 Å². The Hall–Kier alpha value is -4.17. The maximum absolute atomic E-state index is 12.2. The van der Waals surface area contributed by atoms with Crippen molar-refractivity contribution in [3.05, 3.63) is 84.7 Å². The van der Waals surface area contributed by atoms with Gasteiger partial charge in [-0.2, -0.15) is 0 Å². The summed E-state index contributed by atoms with van der Waals surface area (Å²) in [7, 11) is 4.12. The average Bonchev–Trinajstić information content (AvgIpc) is 2.88. The van der Waals surface area contributed by atoms with E-state index in [9.17, 15) is 4.79 Å². The van der Waals surface area contributed by atoms with E-state index < -0.39 is 0 Å². The lowest BCUT2D eigenvalue weighted by atomic mass is 10.1. The number of para-hydroxylation sites is 1. The quantitative estimate of drug-likeness (QED) is 0.252. The van der Waals surface area contributed by atoms with Gasteiger partial charge in [0.05, 0.1) is 12.1 Å². The number of amides is 2. The predicted molar refractivity (Wildman–Crippen MR) is 146 cm³/mol. The molecule has 36 heavy (non-hydrogen) atoms. The molecule has 8 heteroatoms. The van der Waals surface area contributed by atoms with E-state index in [2.05, 4.69) is 44.9 Å². The number of benzene rings is 3. The van der Waals surface area contributed by atoms with Crippen LogP contribution < -0.4 is 20.7 Å². The third kappa shape index (κ3) is 7.41. The van der Waals surface area contributed by atoms with Gasteiger partial charge in [-0.25, -0.2) is 14.8 Å². The van der Waals surface area contributed by atoms with Crippen LogP contribution in [0.1, 0.15) is 12.0 Å². The average molecular weight is 485 g/mol. The van der Waals surface area contributed by atoms with Crippen molar-refractivity contribution in [1.29, 1.82) is 0 Å². The smallest absolute Gasteiger partial charge is 0.323 e. The molecule has 1 aromatic heterocycles. The van der Waals surface area contributed by atoms with Gasteiger partial charge in [0.2, 0.25) is 0 Å². The third-order valence-electron chi connectivity index (χ3n) is 5.57. The molecule has 186 valence electrons. The molecule has 3 N–H and O–H groups in total. The molecular formula is C28H32N6O2. The van der Waals surface area contributed by atoms with E-state index in [1.54, 1.807) is 6.33 Å². The zero-order valence-electron chi connectivity index (χ0n) is 20.7. The minimum Gasteiger partial charge on any atom is -0.494 e. The molecule has 2 amide bonds. The number of aromatic nitrogens is 2. The number of carbonyl (C=O) groups excluding carboxylic acids is 1. The maximum Gasteiger partial charge on any atom is 0.323 e. The molecule has 0 aliphatic rings. The molecule has 1 heterocycles. The zero-order valence-corrected chi connectivity index (χ0v) is 20.7. The first-order valence-corrected chi connectivity index (χ1v) is 12.0. The van der Waals surface area contributed by atoms with Gasteiger partial charge in [-0.3, -0.25) is 0 Å². The highest BCUT2D eigenvalue weighted by atomic mass is 16.5. The maximum atomic E-state index is 12.2. The summed E-state index contributed by atoms with van der Waals surface area (Å²) in [6.45, 7) is 2.36. The number of nitrogens with one attached hydrogen (secondary N) is 3. The Morgan fingerprint density at radius 1 is 0.917 bits per heavy atom. The number of hydrogen-bond donors (Lipinski definition) is 3. The van der Waals surface area contributed by atoms with Gasteiger partial charge in [0.15, 0.2) is 0 Å². The summed E-state index contributed by atoms with van der Waals surface area (Å²) in [6.07, 6.45) is 3.35. The Balaban J connectivity index is 1.29. The molecule has 0 aliphatic carbocycles. The molecule has 0 saturated carbocycles. The Morgan fingerprint density at radius 3 is 2.42 bits per heavy atom. The van der Waals surface area contributed by atoms with Crippen LogP contribution in [0.25, 0.3) is 10.9 Å². The zero-order chi connectivity index (χ0) is 25.2. The van der Waals surface area contributed by atoms with Crippen molar-refractivity contribution in [3.63, 3.8) is 0 Å². The lowest BCUT2D eigenvalue weighted by Gasteiger charge is -2.12. The van der Waals surface area contributed by atoms with Crippen LogP contribution in [0.2, 0.25) is 0 Å². The molecule has 0 saturated heterocycles. The highest BCUT2D eigenvalue weighted by Gasteiger charge is 2.07. The first kappa shape index (κ1) is 24.9. The van der Waals surface area contributed by atoms with Crippen molar-refractivity contribution in [1.82, 2.24) is 14.9 Å². The van der Waals surface area contributed by atoms with Crippen molar-refractivity contribution in [2.45, 2.75) is 12.8 Å². The normalized spacial score (nSPS) is 10.9. The fourth-order valence-corrected chi connectivity index (χ4v) is 3.73. The molecule has 0 aliphatic heterocycles. The molecule has 0 radical (unpaired) electrons. The van der Waals surface area contributed by atoms with Gasteiger partial charge in [-0.15, -0.1) is 0 Å². The van der Waals surface area contributed by atoms with E-state index in [4.69, 9.17) is 4.74 Å². The minimum absolute atomic E-state index is 0.271. The van der Waals surface area contributed by atoms with E-state index in [0.717, 1.165) is 58.8 Å². The first-order chi connectivity index (χ1) is 17.6. The molecule has 3 aromatic carbocycles. The van der Waals surface area contributed by atoms with E-state index in [-0.39, 0.29) is 6.03 Å². The summed E-state index contributed by atoms with van der Waals surface area (Å²) in [6, 6.07) is 22.8. The number of anilines is 3. The van der Waals surface area contributed by atoms with Crippen LogP contribution in [0.5, 0.6) is 5.75 Å². The Morgan fingerprint density at radius 2 is 1.67 bits per heavy atom. The molecule has 0 fully saturated rings. The fourth-order valence-electron chi connectivity index (χ4n) is 3.73. The number of fused-ring (bicyclic) bond motifs is 1. The van der Waals surface area contributed by atoms with Crippen LogP contribution in [0.3, 0.4) is 0 Å². The molecule has 0 unspecified atom stereocenters. The first-order valence-electron chi connectivity index (χ1n) is 12.0. The molecule has 4 rings (SSSR count). The predicted octanol–water partition coefficient (Wildman–Crippen LogP) is 5.26. The molecule has 0 bridgehead atoms. The van der Waals surface area contributed by atoms with Gasteiger partial charge in [0.1, 0.15) is 17.9 Å².